The fourth-order valence-corrected chi connectivity index (χ4v) is 6.52. The van der Waals surface area contributed by atoms with Crippen molar-refractivity contribution in [2.45, 2.75) is 45.3 Å². The largest absolute Gasteiger partial charge is 0.481 e. The molecule has 2 amide bonds. The lowest BCUT2D eigenvalue weighted by molar-refractivity contribution is 0.108. The lowest BCUT2D eigenvalue weighted by Gasteiger charge is -2.41. The number of ether oxygens (including phenoxy) is 1. The van der Waals surface area contributed by atoms with E-state index in [0.717, 1.165) is 72.5 Å². The summed E-state index contributed by atoms with van der Waals surface area (Å²) < 4.78 is 5.26. The summed E-state index contributed by atoms with van der Waals surface area (Å²) in [6.45, 7) is 6.63. The summed E-state index contributed by atoms with van der Waals surface area (Å²) in [5.41, 5.74) is 12.9. The predicted octanol–water partition coefficient (Wildman–Crippen LogP) is 3.60. The van der Waals surface area contributed by atoms with Crippen molar-refractivity contribution in [3.63, 3.8) is 0 Å². The number of amides is 2. The van der Waals surface area contributed by atoms with Crippen LogP contribution in [-0.2, 0) is 13.1 Å². The highest BCUT2D eigenvalue weighted by Gasteiger charge is 2.33. The number of pyridine rings is 1. The zero-order valence-corrected chi connectivity index (χ0v) is 26.2. The molecule has 8 nitrogen and oxygen atoms in total. The zero-order valence-electron chi connectivity index (χ0n) is 23.9. The van der Waals surface area contributed by atoms with Crippen LogP contribution in [-0.4, -0.2) is 65.9 Å². The number of nitrogens with zero attached hydrogens (tertiary/aromatic N) is 4. The molecule has 2 unspecified atom stereocenters. The Bertz CT molecular complexity index is 1430. The summed E-state index contributed by atoms with van der Waals surface area (Å²) in [5.74, 6) is 0.562. The van der Waals surface area contributed by atoms with Crippen LogP contribution in [0.2, 0.25) is 0 Å². The van der Waals surface area contributed by atoms with Crippen LogP contribution in [0, 0.1) is 6.92 Å². The Hall–Kier alpha value is -2.89. The molecule has 41 heavy (non-hydrogen) atoms. The Labute approximate surface area is 247 Å². The molecule has 3 aromatic rings. The van der Waals surface area contributed by atoms with Crippen LogP contribution in [0.15, 0.2) is 53.7 Å². The Morgan fingerprint density at radius 2 is 2.07 bits per heavy atom. The van der Waals surface area contributed by atoms with E-state index < -0.39 is 0 Å². The van der Waals surface area contributed by atoms with Gasteiger partial charge >= 0.3 is 6.03 Å². The van der Waals surface area contributed by atoms with Crippen molar-refractivity contribution >= 4 is 46.5 Å². The molecule has 3 N–H and O–H groups in total. The van der Waals surface area contributed by atoms with E-state index in [1.807, 2.05) is 17.0 Å². The van der Waals surface area contributed by atoms with Gasteiger partial charge in [-0.25, -0.2) is 9.78 Å². The molecule has 1 fully saturated rings. The van der Waals surface area contributed by atoms with Gasteiger partial charge in [-0.3, -0.25) is 9.89 Å². The van der Waals surface area contributed by atoms with Gasteiger partial charge in [0.05, 0.1) is 12.8 Å². The molecule has 216 valence electrons. The van der Waals surface area contributed by atoms with Crippen LogP contribution in [0.25, 0.3) is 0 Å². The second kappa shape index (κ2) is 13.4. The number of aromatic nitrogens is 1. The van der Waals surface area contributed by atoms with Crippen LogP contribution in [0.5, 0.6) is 5.88 Å². The van der Waals surface area contributed by atoms with Gasteiger partial charge in [0.15, 0.2) is 0 Å². The predicted molar refractivity (Wildman–Crippen MR) is 174 cm³/mol. The van der Waals surface area contributed by atoms with E-state index in [9.17, 15) is 4.79 Å². The first kappa shape index (κ1) is 29.6. The summed E-state index contributed by atoms with van der Waals surface area (Å²) in [5, 5.41) is 5.59. The third-order valence-corrected chi connectivity index (χ3v) is 8.78. The van der Waals surface area contributed by atoms with Gasteiger partial charge in [-0.05, 0) is 90.8 Å². The standard InChI is InChI=1S/C31H40N6O2P2/c1-20-13-27-23(14-26(20)30(33-11-4-10-32)21-7-9-29(39-2)34-16-21)18-37(31(38)35-27)24-5-3-12-36(19-24)17-22-6-8-25(40)15-28(22)41/h6-9,13-16,24H,3-5,10-12,17-19,32,40-41H2,1-2H3,(H,35,38)/b33-30-/t24-/m0/s1. The van der Waals surface area contributed by atoms with E-state index in [4.69, 9.17) is 15.5 Å². The van der Waals surface area contributed by atoms with Gasteiger partial charge in [0, 0.05) is 61.3 Å². The summed E-state index contributed by atoms with van der Waals surface area (Å²) in [4.78, 5) is 27.2. The maximum atomic E-state index is 13.3. The zero-order chi connectivity index (χ0) is 28.9. The van der Waals surface area contributed by atoms with Crippen molar-refractivity contribution in [1.82, 2.24) is 14.8 Å². The minimum Gasteiger partial charge on any atom is -0.481 e. The number of methoxy groups -OCH3 is 1. The van der Waals surface area contributed by atoms with Crippen molar-refractivity contribution in [1.29, 1.82) is 0 Å². The third-order valence-electron chi connectivity index (χ3n) is 7.88. The average molecular weight is 591 g/mol. The van der Waals surface area contributed by atoms with Crippen LogP contribution < -0.4 is 26.4 Å². The van der Waals surface area contributed by atoms with Crippen molar-refractivity contribution < 1.29 is 9.53 Å². The summed E-state index contributed by atoms with van der Waals surface area (Å²) in [6, 6.07) is 14.7. The minimum atomic E-state index is -0.0215. The second-order valence-electron chi connectivity index (χ2n) is 10.8. The summed E-state index contributed by atoms with van der Waals surface area (Å²) in [7, 11) is 7.23. The Morgan fingerprint density at radius 3 is 2.80 bits per heavy atom. The first-order valence-electron chi connectivity index (χ1n) is 14.2. The molecular weight excluding hydrogens is 550 g/mol. The smallest absolute Gasteiger partial charge is 0.322 e. The lowest BCUT2D eigenvalue weighted by atomic mass is 9.94. The van der Waals surface area contributed by atoms with Gasteiger partial charge in [-0.15, -0.1) is 18.5 Å². The molecule has 2 aliphatic rings. The molecule has 0 saturated carbocycles. The first-order chi connectivity index (χ1) is 19.9. The highest BCUT2D eigenvalue weighted by atomic mass is 31.0. The summed E-state index contributed by atoms with van der Waals surface area (Å²) >= 11 is 0. The second-order valence-corrected chi connectivity index (χ2v) is 12.1. The van der Waals surface area contributed by atoms with Crippen LogP contribution in [0.3, 0.4) is 0 Å². The summed E-state index contributed by atoms with van der Waals surface area (Å²) in [6.07, 6.45) is 4.67. The fraction of sp³-hybridized carbons (Fsp3) is 0.387. The molecule has 0 aliphatic carbocycles. The number of likely N-dealkylation sites (tertiary alicyclic amines) is 1. The number of fused-ring (bicyclic) bond motifs is 1. The third kappa shape index (κ3) is 6.95. The normalized spacial score (nSPS) is 17.8. The fourth-order valence-electron chi connectivity index (χ4n) is 5.67. The van der Waals surface area contributed by atoms with Crippen molar-refractivity contribution in [2.24, 2.45) is 10.7 Å². The molecule has 0 spiro atoms. The molecule has 2 aliphatic heterocycles. The molecule has 1 aromatic heterocycles. The Morgan fingerprint density at radius 1 is 1.22 bits per heavy atom. The van der Waals surface area contributed by atoms with E-state index in [2.05, 4.69) is 70.9 Å². The topological polar surface area (TPSA) is 96.1 Å². The number of carbonyl (C=O) groups is 1. The number of nitrogens with one attached hydrogen (secondary N) is 1. The molecule has 1 saturated heterocycles. The molecule has 0 radical (unpaired) electrons. The lowest BCUT2D eigenvalue weighted by Crippen LogP contribution is -2.52. The number of anilines is 1. The maximum absolute atomic E-state index is 13.3. The number of nitrogens with two attached hydrogens (primary N) is 1. The van der Waals surface area contributed by atoms with E-state index in [-0.39, 0.29) is 12.1 Å². The molecule has 10 heteroatoms. The molecule has 0 bridgehead atoms. The van der Waals surface area contributed by atoms with Gasteiger partial charge in [-0.1, -0.05) is 12.1 Å². The van der Waals surface area contributed by atoms with Gasteiger partial charge in [0.2, 0.25) is 5.88 Å². The van der Waals surface area contributed by atoms with Crippen molar-refractivity contribution in [2.75, 3.05) is 38.6 Å². The molecule has 2 aromatic carbocycles. The number of rotatable bonds is 9. The Balaban J connectivity index is 1.39. The maximum Gasteiger partial charge on any atom is 0.322 e. The molecular formula is C31H40N6O2P2. The van der Waals surface area contributed by atoms with Gasteiger partial charge in [-0.2, -0.15) is 0 Å². The first-order valence-corrected chi connectivity index (χ1v) is 15.3. The highest BCUT2D eigenvalue weighted by molar-refractivity contribution is 7.29. The Kier molecular flexibility index (Phi) is 9.67. The van der Waals surface area contributed by atoms with E-state index in [1.165, 1.54) is 16.2 Å². The molecule has 3 heterocycles. The van der Waals surface area contributed by atoms with Gasteiger partial charge in [0.25, 0.3) is 0 Å². The van der Waals surface area contributed by atoms with Gasteiger partial charge in [0.1, 0.15) is 0 Å². The average Bonchev–Trinajstić information content (AvgIpc) is 2.97. The van der Waals surface area contributed by atoms with Crippen LogP contribution in [0.1, 0.15) is 47.1 Å². The quantitative estimate of drug-likeness (QED) is 0.226. The van der Waals surface area contributed by atoms with Crippen LogP contribution >= 0.6 is 18.5 Å². The van der Waals surface area contributed by atoms with Crippen LogP contribution in [0.4, 0.5) is 10.5 Å². The van der Waals surface area contributed by atoms with E-state index >= 15 is 0 Å². The number of carbonyl (C=O) groups excluding carboxylic acids is 1. The number of aryl methyl sites for hydroxylation is 1. The number of piperidine rings is 1. The number of urea groups is 1. The highest BCUT2D eigenvalue weighted by Crippen LogP contribution is 2.31. The number of hydrogen-bond donors (Lipinski definition) is 2. The number of aliphatic imine (C=N–C) groups is 1. The monoisotopic (exact) mass is 590 g/mol. The SMILES string of the molecule is COc1ccc(/C(=N/CCCN)c2cc3c(cc2C)NC(=O)N([C@H]2CCCN(Cc4ccc(P)cc4P)C2)C3)cn1. The molecule has 5 rings (SSSR count). The van der Waals surface area contributed by atoms with Crippen molar-refractivity contribution in [3.8, 4) is 5.88 Å². The minimum absolute atomic E-state index is 0.0215. The van der Waals surface area contributed by atoms with E-state index in [0.29, 0.717) is 25.5 Å². The number of benzene rings is 2. The van der Waals surface area contributed by atoms with Crippen molar-refractivity contribution in [3.05, 3.63) is 76.5 Å². The molecule has 3 atom stereocenters. The van der Waals surface area contributed by atoms with Gasteiger partial charge < -0.3 is 20.7 Å². The van der Waals surface area contributed by atoms with E-state index in [1.54, 1.807) is 13.3 Å². The number of hydrogen-bond acceptors (Lipinski definition) is 6.